The topological polar surface area (TPSA) is 98.7 Å². The van der Waals surface area contributed by atoms with Crippen LogP contribution in [0, 0.1) is 0 Å². The van der Waals surface area contributed by atoms with Gasteiger partial charge in [0.25, 0.3) is 0 Å². The number of anilines is 1. The van der Waals surface area contributed by atoms with Gasteiger partial charge in [0.2, 0.25) is 5.95 Å². The molecular weight excluding hydrogens is 356 g/mol. The standard InChI is InChI=1S/C16H24N6O3S/c23-16(19-13-2-9-26(24,25)12-13)22-10-14(11-22)20-5-7-21(8-6-20)15-17-3-1-4-18-15/h1,3-4,13-14H,2,5-12H2,(H,19,23). The molecule has 0 bridgehead atoms. The lowest BCUT2D eigenvalue weighted by atomic mass is 10.1. The fourth-order valence-corrected chi connectivity index (χ4v) is 5.44. The third kappa shape index (κ3) is 3.75. The first-order valence-electron chi connectivity index (χ1n) is 9.02. The quantitative estimate of drug-likeness (QED) is 0.731. The summed E-state index contributed by atoms with van der Waals surface area (Å²) in [5.41, 5.74) is 0. The van der Waals surface area contributed by atoms with Crippen LogP contribution in [0.2, 0.25) is 0 Å². The van der Waals surface area contributed by atoms with E-state index < -0.39 is 9.84 Å². The predicted molar refractivity (Wildman–Crippen MR) is 96.8 cm³/mol. The zero-order chi connectivity index (χ0) is 18.1. The summed E-state index contributed by atoms with van der Waals surface area (Å²) >= 11 is 0. The van der Waals surface area contributed by atoms with Crippen molar-refractivity contribution in [3.05, 3.63) is 18.5 Å². The molecule has 2 amide bonds. The first-order chi connectivity index (χ1) is 12.5. The normalized spacial score (nSPS) is 26.5. The number of piperazine rings is 1. The molecule has 1 aromatic heterocycles. The molecule has 4 rings (SSSR count). The molecule has 0 aromatic carbocycles. The monoisotopic (exact) mass is 380 g/mol. The summed E-state index contributed by atoms with van der Waals surface area (Å²) in [4.78, 5) is 27.2. The Balaban J connectivity index is 1.20. The summed E-state index contributed by atoms with van der Waals surface area (Å²) in [6.07, 6.45) is 4.04. The molecule has 0 saturated carbocycles. The highest BCUT2D eigenvalue weighted by atomic mass is 32.2. The van der Waals surface area contributed by atoms with Gasteiger partial charge in [-0.25, -0.2) is 23.2 Å². The lowest BCUT2D eigenvalue weighted by Gasteiger charge is -2.48. The fraction of sp³-hybridized carbons (Fsp3) is 0.688. The van der Waals surface area contributed by atoms with E-state index in [4.69, 9.17) is 0 Å². The molecule has 1 aromatic rings. The van der Waals surface area contributed by atoms with E-state index in [1.54, 1.807) is 17.3 Å². The number of nitrogens with one attached hydrogen (secondary N) is 1. The maximum Gasteiger partial charge on any atom is 0.317 e. The van der Waals surface area contributed by atoms with Crippen LogP contribution in [0.15, 0.2) is 18.5 Å². The van der Waals surface area contributed by atoms with E-state index in [2.05, 4.69) is 25.1 Å². The van der Waals surface area contributed by atoms with E-state index in [1.807, 2.05) is 6.07 Å². The Morgan fingerprint density at radius 3 is 2.42 bits per heavy atom. The minimum atomic E-state index is -2.97. The number of aromatic nitrogens is 2. The smallest absolute Gasteiger partial charge is 0.317 e. The van der Waals surface area contributed by atoms with Gasteiger partial charge < -0.3 is 15.1 Å². The zero-order valence-electron chi connectivity index (χ0n) is 14.6. The van der Waals surface area contributed by atoms with Crippen LogP contribution in [0.1, 0.15) is 6.42 Å². The van der Waals surface area contributed by atoms with Crippen LogP contribution in [0.5, 0.6) is 0 Å². The van der Waals surface area contributed by atoms with Crippen LogP contribution >= 0.6 is 0 Å². The van der Waals surface area contributed by atoms with Crippen LogP contribution in [0.4, 0.5) is 10.7 Å². The molecule has 3 saturated heterocycles. The van der Waals surface area contributed by atoms with Crippen LogP contribution in [0.3, 0.4) is 0 Å². The number of hydrogen-bond acceptors (Lipinski definition) is 7. The average molecular weight is 380 g/mol. The Hall–Kier alpha value is -1.94. The molecule has 26 heavy (non-hydrogen) atoms. The van der Waals surface area contributed by atoms with Gasteiger partial charge in [-0.1, -0.05) is 0 Å². The van der Waals surface area contributed by atoms with Gasteiger partial charge >= 0.3 is 6.03 Å². The third-order valence-electron chi connectivity index (χ3n) is 5.38. The molecular formula is C16H24N6O3S. The predicted octanol–water partition coefficient (Wildman–Crippen LogP) is -0.820. The van der Waals surface area contributed by atoms with E-state index in [1.165, 1.54) is 0 Å². The van der Waals surface area contributed by atoms with E-state index in [-0.39, 0.29) is 23.6 Å². The van der Waals surface area contributed by atoms with Gasteiger partial charge in [0.05, 0.1) is 11.5 Å². The molecule has 4 heterocycles. The Kier molecular flexibility index (Phi) is 4.70. The van der Waals surface area contributed by atoms with Crippen molar-refractivity contribution >= 4 is 21.8 Å². The molecule has 3 aliphatic rings. The zero-order valence-corrected chi connectivity index (χ0v) is 15.4. The fourth-order valence-electron chi connectivity index (χ4n) is 3.77. The molecule has 1 N–H and O–H groups in total. The maximum absolute atomic E-state index is 12.2. The number of rotatable bonds is 3. The summed E-state index contributed by atoms with van der Waals surface area (Å²) in [7, 11) is -2.97. The van der Waals surface area contributed by atoms with Gasteiger partial charge in [0, 0.05) is 63.7 Å². The number of nitrogens with zero attached hydrogens (tertiary/aromatic N) is 5. The van der Waals surface area contributed by atoms with Crippen LogP contribution in [-0.4, -0.2) is 97.1 Å². The Labute approximate surface area is 153 Å². The third-order valence-corrected chi connectivity index (χ3v) is 7.14. The number of carbonyl (C=O) groups excluding carboxylic acids is 1. The largest absolute Gasteiger partial charge is 0.338 e. The van der Waals surface area contributed by atoms with Gasteiger partial charge in [0.1, 0.15) is 0 Å². The molecule has 10 heteroatoms. The molecule has 0 aliphatic carbocycles. The number of likely N-dealkylation sites (tertiary alicyclic amines) is 1. The molecule has 0 radical (unpaired) electrons. The molecule has 1 unspecified atom stereocenters. The molecule has 142 valence electrons. The van der Waals surface area contributed by atoms with E-state index in [0.717, 1.165) is 32.1 Å². The maximum atomic E-state index is 12.2. The Morgan fingerprint density at radius 2 is 1.81 bits per heavy atom. The number of sulfone groups is 1. The average Bonchev–Trinajstić information content (AvgIpc) is 2.93. The van der Waals surface area contributed by atoms with Crippen molar-refractivity contribution in [3.8, 4) is 0 Å². The van der Waals surface area contributed by atoms with Crippen LogP contribution < -0.4 is 10.2 Å². The second kappa shape index (κ2) is 6.99. The molecule has 3 aliphatic heterocycles. The first-order valence-corrected chi connectivity index (χ1v) is 10.8. The summed E-state index contributed by atoms with van der Waals surface area (Å²) in [5, 5.41) is 2.85. The van der Waals surface area contributed by atoms with Crippen molar-refractivity contribution in [3.63, 3.8) is 0 Å². The van der Waals surface area contributed by atoms with Crippen LogP contribution in [0.25, 0.3) is 0 Å². The lowest BCUT2D eigenvalue weighted by molar-refractivity contribution is 0.0523. The van der Waals surface area contributed by atoms with Gasteiger partial charge in [-0.2, -0.15) is 0 Å². The van der Waals surface area contributed by atoms with Crippen molar-refractivity contribution in [2.75, 3.05) is 55.7 Å². The number of hydrogen-bond donors (Lipinski definition) is 1. The van der Waals surface area contributed by atoms with E-state index >= 15 is 0 Å². The summed E-state index contributed by atoms with van der Waals surface area (Å²) in [5.74, 6) is 1.02. The van der Waals surface area contributed by atoms with Crippen molar-refractivity contribution in [1.29, 1.82) is 0 Å². The van der Waals surface area contributed by atoms with Crippen molar-refractivity contribution in [2.45, 2.75) is 18.5 Å². The number of urea groups is 1. The number of amides is 2. The van der Waals surface area contributed by atoms with Gasteiger partial charge in [0.15, 0.2) is 9.84 Å². The number of carbonyl (C=O) groups is 1. The van der Waals surface area contributed by atoms with Gasteiger partial charge in [-0.3, -0.25) is 4.90 Å². The van der Waals surface area contributed by atoms with Gasteiger partial charge in [-0.05, 0) is 12.5 Å². The highest BCUT2D eigenvalue weighted by molar-refractivity contribution is 7.91. The Bertz CT molecular complexity index is 745. The molecule has 0 spiro atoms. The second-order valence-electron chi connectivity index (χ2n) is 7.18. The van der Waals surface area contributed by atoms with E-state index in [0.29, 0.717) is 25.6 Å². The molecule has 9 nitrogen and oxygen atoms in total. The SMILES string of the molecule is O=C(NC1CCS(=O)(=O)C1)N1CC(N2CCN(c3ncccn3)CC2)C1. The highest BCUT2D eigenvalue weighted by Gasteiger charge is 2.38. The van der Waals surface area contributed by atoms with Crippen molar-refractivity contribution in [2.24, 2.45) is 0 Å². The molecule has 3 fully saturated rings. The Morgan fingerprint density at radius 1 is 1.12 bits per heavy atom. The summed E-state index contributed by atoms with van der Waals surface area (Å²) in [6.45, 7) is 5.03. The minimum absolute atomic E-state index is 0.0690. The van der Waals surface area contributed by atoms with Crippen molar-refractivity contribution < 1.29 is 13.2 Å². The van der Waals surface area contributed by atoms with E-state index in [9.17, 15) is 13.2 Å². The highest BCUT2D eigenvalue weighted by Crippen LogP contribution is 2.19. The second-order valence-corrected chi connectivity index (χ2v) is 9.41. The first kappa shape index (κ1) is 17.5. The minimum Gasteiger partial charge on any atom is -0.338 e. The van der Waals surface area contributed by atoms with Gasteiger partial charge in [-0.15, -0.1) is 0 Å². The molecule has 1 atom stereocenters. The van der Waals surface area contributed by atoms with Crippen molar-refractivity contribution in [1.82, 2.24) is 25.1 Å². The van der Waals surface area contributed by atoms with Crippen LogP contribution in [-0.2, 0) is 9.84 Å². The summed E-state index contributed by atoms with van der Waals surface area (Å²) in [6, 6.07) is 1.82. The lowest BCUT2D eigenvalue weighted by Crippen LogP contribution is -2.66. The summed E-state index contributed by atoms with van der Waals surface area (Å²) < 4.78 is 23.0.